The number of anilines is 2. The molecule has 7 nitrogen and oxygen atoms in total. The average Bonchev–Trinajstić information content (AvgIpc) is 3.03. The van der Waals surface area contributed by atoms with Crippen LogP contribution in [0.3, 0.4) is 0 Å². The summed E-state index contributed by atoms with van der Waals surface area (Å²) >= 11 is 5.84. The second kappa shape index (κ2) is 8.18. The van der Waals surface area contributed by atoms with Gasteiger partial charge in [0.2, 0.25) is 5.91 Å². The van der Waals surface area contributed by atoms with Gasteiger partial charge >= 0.3 is 6.03 Å². The van der Waals surface area contributed by atoms with Crippen LogP contribution in [0, 0.1) is 0 Å². The van der Waals surface area contributed by atoms with Crippen molar-refractivity contribution in [2.24, 2.45) is 0 Å². The van der Waals surface area contributed by atoms with Crippen molar-refractivity contribution >= 4 is 34.9 Å². The first-order chi connectivity index (χ1) is 13.0. The minimum atomic E-state index is -0.273. The smallest absolute Gasteiger partial charge is 0.325 e. The van der Waals surface area contributed by atoms with Gasteiger partial charge in [-0.05, 0) is 36.4 Å². The van der Waals surface area contributed by atoms with E-state index in [9.17, 15) is 9.59 Å². The van der Waals surface area contributed by atoms with Crippen molar-refractivity contribution in [2.45, 2.75) is 0 Å². The highest BCUT2D eigenvalue weighted by Gasteiger charge is 2.32. The molecule has 0 unspecified atom stereocenters. The quantitative estimate of drug-likeness (QED) is 0.823. The van der Waals surface area contributed by atoms with E-state index in [2.05, 4.69) is 5.32 Å². The summed E-state index contributed by atoms with van der Waals surface area (Å²) in [5.74, 6) is 0.916. The molecule has 0 radical (unpaired) electrons. The summed E-state index contributed by atoms with van der Waals surface area (Å²) in [5, 5.41) is 3.35. The highest BCUT2D eigenvalue weighted by molar-refractivity contribution is 6.30. The fourth-order valence-corrected chi connectivity index (χ4v) is 2.99. The Morgan fingerprint density at radius 2 is 1.85 bits per heavy atom. The molecule has 8 heteroatoms. The summed E-state index contributed by atoms with van der Waals surface area (Å²) in [6.45, 7) is 0.855. The number of halogens is 1. The number of methoxy groups -OCH3 is 2. The molecule has 27 heavy (non-hydrogen) atoms. The minimum absolute atomic E-state index is 0.0375. The van der Waals surface area contributed by atoms with Gasteiger partial charge in [0.15, 0.2) is 0 Å². The fraction of sp³-hybridized carbons (Fsp3) is 0.263. The molecule has 2 aromatic carbocycles. The number of benzene rings is 2. The minimum Gasteiger partial charge on any atom is -0.497 e. The van der Waals surface area contributed by atoms with Crippen molar-refractivity contribution in [3.63, 3.8) is 0 Å². The molecule has 1 fully saturated rings. The molecular weight excluding hydrogens is 370 g/mol. The van der Waals surface area contributed by atoms with Crippen molar-refractivity contribution in [1.29, 1.82) is 0 Å². The van der Waals surface area contributed by atoms with Gasteiger partial charge < -0.3 is 19.7 Å². The van der Waals surface area contributed by atoms with Crippen molar-refractivity contribution in [3.8, 4) is 11.5 Å². The normalized spacial score (nSPS) is 13.7. The van der Waals surface area contributed by atoms with Gasteiger partial charge in [-0.1, -0.05) is 11.6 Å². The Morgan fingerprint density at radius 3 is 2.52 bits per heavy atom. The lowest BCUT2D eigenvalue weighted by Crippen LogP contribution is -2.37. The Bertz CT molecular complexity index is 841. The molecule has 1 saturated heterocycles. The van der Waals surface area contributed by atoms with E-state index < -0.39 is 0 Å². The largest absolute Gasteiger partial charge is 0.497 e. The molecule has 1 heterocycles. The summed E-state index contributed by atoms with van der Waals surface area (Å²) in [4.78, 5) is 28.1. The van der Waals surface area contributed by atoms with E-state index in [1.807, 2.05) is 0 Å². The number of nitrogens with zero attached hydrogens (tertiary/aromatic N) is 2. The third-order valence-electron chi connectivity index (χ3n) is 4.23. The van der Waals surface area contributed by atoms with E-state index in [0.717, 1.165) is 0 Å². The summed E-state index contributed by atoms with van der Waals surface area (Å²) in [6, 6.07) is 11.8. The summed E-state index contributed by atoms with van der Waals surface area (Å²) < 4.78 is 10.6. The SMILES string of the molecule is COc1ccc(OC)c(N2CCN(CC(=O)Nc3ccc(Cl)cc3)C2=O)c1. The lowest BCUT2D eigenvalue weighted by Gasteiger charge is -2.21. The number of amides is 3. The van der Waals surface area contributed by atoms with Crippen LogP contribution in [0.1, 0.15) is 0 Å². The molecular formula is C19H20ClN3O4. The molecule has 142 valence electrons. The van der Waals surface area contributed by atoms with E-state index >= 15 is 0 Å². The molecule has 0 saturated carbocycles. The number of hydrogen-bond donors (Lipinski definition) is 1. The van der Waals surface area contributed by atoms with Crippen LogP contribution in [0.15, 0.2) is 42.5 Å². The second-order valence-corrected chi connectivity index (χ2v) is 6.39. The predicted molar refractivity (Wildman–Crippen MR) is 104 cm³/mol. The van der Waals surface area contributed by atoms with Crippen LogP contribution in [0.2, 0.25) is 5.02 Å². The highest BCUT2D eigenvalue weighted by atomic mass is 35.5. The van der Waals surface area contributed by atoms with Crippen LogP contribution in [0.5, 0.6) is 11.5 Å². The van der Waals surface area contributed by atoms with Crippen LogP contribution < -0.4 is 19.7 Å². The molecule has 0 spiro atoms. The van der Waals surface area contributed by atoms with E-state index in [1.54, 1.807) is 61.6 Å². The molecule has 0 atom stereocenters. The fourth-order valence-electron chi connectivity index (χ4n) is 2.87. The first-order valence-corrected chi connectivity index (χ1v) is 8.73. The molecule has 3 rings (SSSR count). The molecule has 1 aliphatic heterocycles. The molecule has 1 N–H and O–H groups in total. The van der Waals surface area contributed by atoms with Gasteiger partial charge in [0, 0.05) is 29.9 Å². The van der Waals surface area contributed by atoms with Gasteiger partial charge in [-0.3, -0.25) is 9.69 Å². The van der Waals surface area contributed by atoms with Crippen molar-refractivity contribution in [2.75, 3.05) is 44.1 Å². The Hall–Kier alpha value is -2.93. The zero-order valence-corrected chi connectivity index (χ0v) is 15.8. The molecule has 0 aliphatic carbocycles. The first kappa shape index (κ1) is 18.8. The van der Waals surface area contributed by atoms with Crippen LogP contribution in [0.4, 0.5) is 16.2 Å². The van der Waals surface area contributed by atoms with Gasteiger partial charge in [-0.25, -0.2) is 4.79 Å². The standard InChI is InChI=1S/C19H20ClN3O4/c1-26-15-7-8-17(27-2)16(11-15)23-10-9-22(19(23)25)12-18(24)21-14-5-3-13(20)4-6-14/h3-8,11H,9-10,12H2,1-2H3,(H,21,24). The number of ether oxygens (including phenoxy) is 2. The molecule has 0 bridgehead atoms. The average molecular weight is 390 g/mol. The van der Waals surface area contributed by atoms with Gasteiger partial charge in [0.05, 0.1) is 19.9 Å². The lowest BCUT2D eigenvalue weighted by atomic mass is 10.2. The van der Waals surface area contributed by atoms with Crippen LogP contribution in [0.25, 0.3) is 0 Å². The molecule has 3 amide bonds. The second-order valence-electron chi connectivity index (χ2n) is 5.95. The van der Waals surface area contributed by atoms with Crippen molar-refractivity contribution in [1.82, 2.24) is 4.90 Å². The first-order valence-electron chi connectivity index (χ1n) is 8.35. The highest BCUT2D eigenvalue weighted by Crippen LogP contribution is 2.34. The maximum Gasteiger partial charge on any atom is 0.325 e. The lowest BCUT2D eigenvalue weighted by molar-refractivity contribution is -0.116. The van der Waals surface area contributed by atoms with Gasteiger partial charge in [-0.15, -0.1) is 0 Å². The van der Waals surface area contributed by atoms with Crippen LogP contribution in [-0.2, 0) is 4.79 Å². The number of nitrogens with one attached hydrogen (secondary N) is 1. The predicted octanol–water partition coefficient (Wildman–Crippen LogP) is 3.24. The summed E-state index contributed by atoms with van der Waals surface area (Å²) in [7, 11) is 3.11. The zero-order valence-electron chi connectivity index (χ0n) is 15.1. The Labute approximate surface area is 162 Å². The van der Waals surface area contributed by atoms with Gasteiger partial charge in [0.25, 0.3) is 0 Å². The zero-order chi connectivity index (χ0) is 19.4. The van der Waals surface area contributed by atoms with Crippen molar-refractivity contribution < 1.29 is 19.1 Å². The van der Waals surface area contributed by atoms with Crippen LogP contribution >= 0.6 is 11.6 Å². The van der Waals surface area contributed by atoms with E-state index in [-0.39, 0.29) is 18.5 Å². The number of carbonyl (C=O) groups is 2. The Kier molecular flexibility index (Phi) is 5.71. The topological polar surface area (TPSA) is 71.1 Å². The number of carbonyl (C=O) groups excluding carboxylic acids is 2. The van der Waals surface area contributed by atoms with Gasteiger partial charge in [0.1, 0.15) is 18.0 Å². The number of hydrogen-bond acceptors (Lipinski definition) is 4. The third-order valence-corrected chi connectivity index (χ3v) is 4.49. The molecule has 1 aliphatic rings. The Balaban J connectivity index is 1.68. The maximum atomic E-state index is 12.8. The molecule has 0 aromatic heterocycles. The van der Waals surface area contributed by atoms with E-state index in [4.69, 9.17) is 21.1 Å². The van der Waals surface area contributed by atoms with E-state index in [0.29, 0.717) is 41.0 Å². The number of urea groups is 1. The maximum absolute atomic E-state index is 12.8. The van der Waals surface area contributed by atoms with Crippen LogP contribution in [-0.4, -0.2) is 50.7 Å². The van der Waals surface area contributed by atoms with E-state index in [1.165, 1.54) is 4.90 Å². The van der Waals surface area contributed by atoms with Crippen molar-refractivity contribution in [3.05, 3.63) is 47.5 Å². The third kappa shape index (κ3) is 4.25. The summed E-state index contributed by atoms with van der Waals surface area (Å²) in [6.07, 6.45) is 0. The summed E-state index contributed by atoms with van der Waals surface area (Å²) in [5.41, 5.74) is 1.24. The number of rotatable bonds is 6. The molecule has 2 aromatic rings. The monoisotopic (exact) mass is 389 g/mol. The van der Waals surface area contributed by atoms with Gasteiger partial charge in [-0.2, -0.15) is 0 Å². The Morgan fingerprint density at radius 1 is 1.11 bits per heavy atom.